The van der Waals surface area contributed by atoms with Gasteiger partial charge >= 0.3 is 0 Å². The van der Waals surface area contributed by atoms with Crippen molar-refractivity contribution in [3.8, 4) is 0 Å². The predicted octanol–water partition coefficient (Wildman–Crippen LogP) is 4.57. The van der Waals surface area contributed by atoms with Gasteiger partial charge in [-0.1, -0.05) is 31.5 Å². The smallest absolute Gasteiger partial charge is 0.253 e. The van der Waals surface area contributed by atoms with Crippen molar-refractivity contribution in [3.63, 3.8) is 0 Å². The van der Waals surface area contributed by atoms with Gasteiger partial charge in [-0.25, -0.2) is 0 Å². The van der Waals surface area contributed by atoms with Crippen LogP contribution in [0.15, 0.2) is 35.7 Å². The number of nitrogens with one attached hydrogen (secondary N) is 2. The molecule has 2 rings (SSSR count). The van der Waals surface area contributed by atoms with Gasteiger partial charge in [0.05, 0.1) is 11.6 Å². The van der Waals surface area contributed by atoms with Crippen molar-refractivity contribution in [2.24, 2.45) is 5.92 Å². The molecule has 0 spiro atoms. The summed E-state index contributed by atoms with van der Waals surface area (Å²) in [4.78, 5) is 13.7. The highest BCUT2D eigenvalue weighted by atomic mass is 35.5. The fraction of sp³-hybridized carbons (Fsp3) is 0.312. The van der Waals surface area contributed by atoms with Gasteiger partial charge < -0.3 is 10.6 Å². The van der Waals surface area contributed by atoms with Crippen LogP contribution in [0.4, 0.5) is 5.69 Å². The molecule has 1 aromatic carbocycles. The highest BCUT2D eigenvalue weighted by Gasteiger charge is 2.21. The quantitative estimate of drug-likeness (QED) is 0.846. The number of thiophene rings is 1. The zero-order valence-electron chi connectivity index (χ0n) is 12.3. The zero-order chi connectivity index (χ0) is 15.4. The standard InChI is InChI=1S/C16H19ClN2OS/c1-10(2)15(14-5-4-8-21-14)19-16(20)12-9-11(17)6-7-13(12)18-3/h4-10,15,18H,1-3H3,(H,19,20). The highest BCUT2D eigenvalue weighted by molar-refractivity contribution is 7.10. The van der Waals surface area contributed by atoms with Crippen molar-refractivity contribution in [1.82, 2.24) is 5.32 Å². The lowest BCUT2D eigenvalue weighted by Crippen LogP contribution is -2.31. The molecule has 0 radical (unpaired) electrons. The third-order valence-electron chi connectivity index (χ3n) is 3.30. The van der Waals surface area contributed by atoms with Gasteiger partial charge in [0.15, 0.2) is 0 Å². The Morgan fingerprint density at radius 2 is 2.05 bits per heavy atom. The zero-order valence-corrected chi connectivity index (χ0v) is 13.9. The molecule has 1 amide bonds. The number of anilines is 1. The number of carbonyl (C=O) groups excluding carboxylic acids is 1. The molecule has 1 unspecified atom stereocenters. The molecule has 3 nitrogen and oxygen atoms in total. The largest absolute Gasteiger partial charge is 0.387 e. The summed E-state index contributed by atoms with van der Waals surface area (Å²) in [6.45, 7) is 4.20. The van der Waals surface area contributed by atoms with Crippen LogP contribution in [0.3, 0.4) is 0 Å². The Morgan fingerprint density at radius 1 is 1.29 bits per heavy atom. The minimum atomic E-state index is -0.117. The molecule has 2 N–H and O–H groups in total. The molecule has 0 fully saturated rings. The SMILES string of the molecule is CNc1ccc(Cl)cc1C(=O)NC(c1cccs1)C(C)C. The second-order valence-electron chi connectivity index (χ2n) is 5.15. The number of carbonyl (C=O) groups is 1. The van der Waals surface area contributed by atoms with E-state index in [0.717, 1.165) is 10.6 Å². The summed E-state index contributed by atoms with van der Waals surface area (Å²) in [5, 5.41) is 8.71. The summed E-state index contributed by atoms with van der Waals surface area (Å²) in [5.41, 5.74) is 1.33. The maximum absolute atomic E-state index is 12.6. The van der Waals surface area contributed by atoms with Crippen LogP contribution in [-0.2, 0) is 0 Å². The Bertz CT molecular complexity index is 611. The van der Waals surface area contributed by atoms with E-state index in [1.54, 1.807) is 30.5 Å². The van der Waals surface area contributed by atoms with Crippen LogP contribution in [0, 0.1) is 5.92 Å². The molecule has 0 aliphatic rings. The molecule has 0 aliphatic heterocycles. The molecule has 0 aliphatic carbocycles. The lowest BCUT2D eigenvalue weighted by Gasteiger charge is -2.22. The first kappa shape index (κ1) is 15.9. The van der Waals surface area contributed by atoms with E-state index in [4.69, 9.17) is 11.6 Å². The fourth-order valence-corrected chi connectivity index (χ4v) is 3.30. The van der Waals surface area contributed by atoms with Crippen molar-refractivity contribution in [1.29, 1.82) is 0 Å². The maximum Gasteiger partial charge on any atom is 0.253 e. The monoisotopic (exact) mass is 322 g/mol. The van der Waals surface area contributed by atoms with Gasteiger partial charge in [0, 0.05) is 22.6 Å². The molecule has 0 saturated heterocycles. The normalized spacial score (nSPS) is 12.2. The van der Waals surface area contributed by atoms with Crippen LogP contribution in [0.25, 0.3) is 0 Å². The van der Waals surface area contributed by atoms with Gasteiger partial charge in [0.25, 0.3) is 5.91 Å². The van der Waals surface area contributed by atoms with Gasteiger partial charge in [-0.3, -0.25) is 4.79 Å². The Hall–Kier alpha value is -1.52. The summed E-state index contributed by atoms with van der Waals surface area (Å²) in [6.07, 6.45) is 0. The summed E-state index contributed by atoms with van der Waals surface area (Å²) in [5.74, 6) is 0.193. The van der Waals surface area contributed by atoms with Gasteiger partial charge in [0.1, 0.15) is 0 Å². The van der Waals surface area contributed by atoms with Gasteiger partial charge in [-0.2, -0.15) is 0 Å². The lowest BCUT2D eigenvalue weighted by molar-refractivity contribution is 0.0927. The van der Waals surface area contributed by atoms with E-state index in [0.29, 0.717) is 16.5 Å². The Morgan fingerprint density at radius 3 is 2.62 bits per heavy atom. The van der Waals surface area contributed by atoms with Crippen molar-refractivity contribution < 1.29 is 4.79 Å². The molecule has 1 atom stereocenters. The summed E-state index contributed by atoms with van der Waals surface area (Å²) < 4.78 is 0. The number of halogens is 1. The lowest BCUT2D eigenvalue weighted by atomic mass is 10.0. The highest BCUT2D eigenvalue weighted by Crippen LogP contribution is 2.27. The Balaban J connectivity index is 2.26. The van der Waals surface area contributed by atoms with Gasteiger partial charge in [-0.15, -0.1) is 11.3 Å². The number of rotatable bonds is 5. The predicted molar refractivity (Wildman–Crippen MR) is 90.4 cm³/mol. The van der Waals surface area contributed by atoms with Crippen molar-refractivity contribution in [2.45, 2.75) is 19.9 Å². The van der Waals surface area contributed by atoms with Crippen LogP contribution in [0.1, 0.15) is 35.1 Å². The molecular formula is C16H19ClN2OS. The first-order valence-corrected chi connectivity index (χ1v) is 8.10. The number of amides is 1. The fourth-order valence-electron chi connectivity index (χ4n) is 2.18. The number of hydrogen-bond donors (Lipinski definition) is 2. The van der Waals surface area contributed by atoms with E-state index in [9.17, 15) is 4.79 Å². The first-order chi connectivity index (χ1) is 10.0. The third-order valence-corrected chi connectivity index (χ3v) is 4.49. The van der Waals surface area contributed by atoms with Crippen LogP contribution in [0.5, 0.6) is 0 Å². The molecular weight excluding hydrogens is 304 g/mol. The Labute approximate surface area is 134 Å². The van der Waals surface area contributed by atoms with Crippen molar-refractivity contribution >= 4 is 34.5 Å². The summed E-state index contributed by atoms with van der Waals surface area (Å²) in [6, 6.07) is 9.32. The molecule has 112 valence electrons. The molecule has 0 bridgehead atoms. The maximum atomic E-state index is 12.6. The summed E-state index contributed by atoms with van der Waals surface area (Å²) >= 11 is 7.66. The van der Waals surface area contributed by atoms with E-state index < -0.39 is 0 Å². The molecule has 2 aromatic rings. The molecule has 1 aromatic heterocycles. The Kier molecular flexibility index (Phi) is 5.26. The van der Waals surface area contributed by atoms with Crippen molar-refractivity contribution in [2.75, 3.05) is 12.4 Å². The molecule has 5 heteroatoms. The van der Waals surface area contributed by atoms with E-state index >= 15 is 0 Å². The van der Waals surface area contributed by atoms with E-state index in [-0.39, 0.29) is 11.9 Å². The molecule has 21 heavy (non-hydrogen) atoms. The van der Waals surface area contributed by atoms with Crippen LogP contribution < -0.4 is 10.6 Å². The average Bonchev–Trinajstić information content (AvgIpc) is 2.97. The number of hydrogen-bond acceptors (Lipinski definition) is 3. The minimum absolute atomic E-state index is 0.00110. The van der Waals surface area contributed by atoms with Crippen molar-refractivity contribution in [3.05, 3.63) is 51.2 Å². The van der Waals surface area contributed by atoms with Gasteiger partial charge in [-0.05, 0) is 35.6 Å². The van der Waals surface area contributed by atoms with Gasteiger partial charge in [0.2, 0.25) is 0 Å². The summed E-state index contributed by atoms with van der Waals surface area (Å²) in [7, 11) is 1.79. The van der Waals surface area contributed by atoms with Crippen LogP contribution in [-0.4, -0.2) is 13.0 Å². The number of benzene rings is 1. The molecule has 1 heterocycles. The third kappa shape index (κ3) is 3.77. The van der Waals surface area contributed by atoms with Crippen LogP contribution >= 0.6 is 22.9 Å². The minimum Gasteiger partial charge on any atom is -0.387 e. The average molecular weight is 323 g/mol. The van der Waals surface area contributed by atoms with E-state index in [1.165, 1.54) is 0 Å². The second-order valence-corrected chi connectivity index (χ2v) is 6.57. The second kappa shape index (κ2) is 6.96. The van der Waals surface area contributed by atoms with Crippen LogP contribution in [0.2, 0.25) is 5.02 Å². The van der Waals surface area contributed by atoms with E-state index in [2.05, 4.69) is 24.5 Å². The molecule has 0 saturated carbocycles. The van der Waals surface area contributed by atoms with E-state index in [1.807, 2.05) is 23.6 Å². The topological polar surface area (TPSA) is 41.1 Å². The first-order valence-electron chi connectivity index (χ1n) is 6.84.